The van der Waals surface area contributed by atoms with E-state index < -0.39 is 5.79 Å². The van der Waals surface area contributed by atoms with Crippen LogP contribution >= 0.6 is 0 Å². The van der Waals surface area contributed by atoms with Crippen molar-refractivity contribution in [3.05, 3.63) is 53.0 Å². The van der Waals surface area contributed by atoms with Crippen molar-refractivity contribution in [3.8, 4) is 0 Å². The zero-order valence-corrected chi connectivity index (χ0v) is 16.8. The number of nitrogens with zero attached hydrogens (tertiary/aromatic N) is 4. The molecule has 1 spiro atoms. The van der Waals surface area contributed by atoms with E-state index in [2.05, 4.69) is 39.1 Å². The number of fused-ring (bicyclic) bond motifs is 1. The molecule has 7 nitrogen and oxygen atoms in total. The van der Waals surface area contributed by atoms with E-state index in [0.29, 0.717) is 50.7 Å². The molecular formula is C22H26N4O3. The SMILES string of the molecule is Cc1nc(C(=O)N2CCC3(CC2)OCCO3)cc(N2CCc3ccccc3C2)n1. The van der Waals surface area contributed by atoms with Crippen LogP contribution in [0.3, 0.4) is 0 Å². The second-order valence-corrected chi connectivity index (χ2v) is 8.00. The Morgan fingerprint density at radius 3 is 2.52 bits per heavy atom. The summed E-state index contributed by atoms with van der Waals surface area (Å²) in [6.45, 7) is 6.07. The minimum atomic E-state index is -0.481. The quantitative estimate of drug-likeness (QED) is 0.779. The van der Waals surface area contributed by atoms with Gasteiger partial charge in [0.2, 0.25) is 0 Å². The van der Waals surface area contributed by atoms with Crippen molar-refractivity contribution in [2.75, 3.05) is 37.7 Å². The maximum Gasteiger partial charge on any atom is 0.272 e. The van der Waals surface area contributed by atoms with Crippen LogP contribution in [0.4, 0.5) is 5.82 Å². The van der Waals surface area contributed by atoms with Crippen LogP contribution in [0.2, 0.25) is 0 Å². The maximum atomic E-state index is 13.1. The third-order valence-electron chi connectivity index (χ3n) is 6.12. The molecule has 29 heavy (non-hydrogen) atoms. The molecule has 5 rings (SSSR count). The number of aromatic nitrogens is 2. The molecule has 0 radical (unpaired) electrons. The summed E-state index contributed by atoms with van der Waals surface area (Å²) in [5.74, 6) is 0.930. The van der Waals surface area contributed by atoms with Gasteiger partial charge in [-0.2, -0.15) is 0 Å². The van der Waals surface area contributed by atoms with Gasteiger partial charge >= 0.3 is 0 Å². The number of amides is 1. The number of carbonyl (C=O) groups is 1. The van der Waals surface area contributed by atoms with Gasteiger partial charge in [-0.1, -0.05) is 24.3 Å². The topological polar surface area (TPSA) is 67.8 Å². The lowest BCUT2D eigenvalue weighted by molar-refractivity contribution is -0.181. The first-order valence-corrected chi connectivity index (χ1v) is 10.4. The standard InChI is InChI=1S/C22H26N4O3/c1-16-23-19(21(27)25-10-7-22(8-11-25)28-12-13-29-22)14-20(24-16)26-9-6-17-4-2-3-5-18(17)15-26/h2-5,14H,6-13,15H2,1H3. The van der Waals surface area contributed by atoms with E-state index in [1.807, 2.05) is 17.9 Å². The van der Waals surface area contributed by atoms with Gasteiger partial charge in [-0.15, -0.1) is 0 Å². The van der Waals surface area contributed by atoms with Crippen LogP contribution in [-0.4, -0.2) is 59.4 Å². The van der Waals surface area contributed by atoms with E-state index >= 15 is 0 Å². The predicted octanol–water partition coefficient (Wildman–Crippen LogP) is 2.33. The van der Waals surface area contributed by atoms with Crippen molar-refractivity contribution < 1.29 is 14.3 Å². The largest absolute Gasteiger partial charge is 0.352 e. The van der Waals surface area contributed by atoms with Gasteiger partial charge in [0, 0.05) is 45.1 Å². The fourth-order valence-electron chi connectivity index (χ4n) is 4.51. The number of anilines is 1. The first-order valence-electron chi connectivity index (χ1n) is 10.4. The minimum absolute atomic E-state index is 0.0398. The summed E-state index contributed by atoms with van der Waals surface area (Å²) in [4.78, 5) is 26.3. The van der Waals surface area contributed by atoms with Crippen LogP contribution in [0, 0.1) is 6.92 Å². The average Bonchev–Trinajstić information content (AvgIpc) is 3.21. The predicted molar refractivity (Wildman–Crippen MR) is 108 cm³/mol. The lowest BCUT2D eigenvalue weighted by Crippen LogP contribution is -2.47. The number of hydrogen-bond donors (Lipinski definition) is 0. The molecule has 4 heterocycles. The van der Waals surface area contributed by atoms with Crippen LogP contribution in [0.5, 0.6) is 0 Å². The summed E-state index contributed by atoms with van der Waals surface area (Å²) in [6.07, 6.45) is 2.40. The summed E-state index contributed by atoms with van der Waals surface area (Å²) < 4.78 is 11.5. The van der Waals surface area contributed by atoms with Crippen LogP contribution in [0.25, 0.3) is 0 Å². The van der Waals surface area contributed by atoms with Gasteiger partial charge in [0.15, 0.2) is 5.79 Å². The molecule has 1 aromatic heterocycles. The van der Waals surface area contributed by atoms with E-state index in [0.717, 1.165) is 25.3 Å². The lowest BCUT2D eigenvalue weighted by Gasteiger charge is -2.37. The summed E-state index contributed by atoms with van der Waals surface area (Å²) in [5, 5.41) is 0. The Balaban J connectivity index is 1.33. The van der Waals surface area contributed by atoms with Gasteiger partial charge < -0.3 is 19.3 Å². The van der Waals surface area contributed by atoms with Crippen LogP contribution in [-0.2, 0) is 22.4 Å². The Kier molecular flexibility index (Phi) is 4.72. The van der Waals surface area contributed by atoms with Gasteiger partial charge in [-0.05, 0) is 24.5 Å². The third-order valence-corrected chi connectivity index (χ3v) is 6.12. The summed E-state index contributed by atoms with van der Waals surface area (Å²) in [7, 11) is 0. The fourth-order valence-corrected chi connectivity index (χ4v) is 4.51. The number of likely N-dealkylation sites (tertiary alicyclic amines) is 1. The zero-order valence-electron chi connectivity index (χ0n) is 16.8. The number of benzene rings is 1. The molecule has 0 atom stereocenters. The number of carbonyl (C=O) groups excluding carboxylic acids is 1. The highest BCUT2D eigenvalue weighted by atomic mass is 16.7. The monoisotopic (exact) mass is 394 g/mol. The molecule has 0 unspecified atom stereocenters. The van der Waals surface area contributed by atoms with E-state index in [4.69, 9.17) is 9.47 Å². The van der Waals surface area contributed by atoms with Gasteiger partial charge in [-0.25, -0.2) is 9.97 Å². The lowest BCUT2D eigenvalue weighted by atomic mass is 10.00. The Hall–Kier alpha value is -2.51. The number of ether oxygens (including phenoxy) is 2. The number of aryl methyl sites for hydroxylation is 1. The second-order valence-electron chi connectivity index (χ2n) is 8.00. The molecule has 2 aromatic rings. The fraction of sp³-hybridized carbons (Fsp3) is 0.500. The van der Waals surface area contributed by atoms with Gasteiger partial charge in [0.1, 0.15) is 17.3 Å². The first-order chi connectivity index (χ1) is 14.1. The van der Waals surface area contributed by atoms with Crippen LogP contribution in [0.15, 0.2) is 30.3 Å². The number of piperidine rings is 1. The van der Waals surface area contributed by atoms with E-state index in [-0.39, 0.29) is 5.91 Å². The van der Waals surface area contributed by atoms with Gasteiger partial charge in [-0.3, -0.25) is 4.79 Å². The van der Waals surface area contributed by atoms with Crippen molar-refractivity contribution in [1.82, 2.24) is 14.9 Å². The molecule has 2 fully saturated rings. The Morgan fingerprint density at radius 2 is 1.76 bits per heavy atom. The van der Waals surface area contributed by atoms with Crippen molar-refractivity contribution >= 4 is 11.7 Å². The van der Waals surface area contributed by atoms with Crippen LogP contribution in [0.1, 0.15) is 40.3 Å². The molecule has 7 heteroatoms. The van der Waals surface area contributed by atoms with Gasteiger partial charge in [0.05, 0.1) is 13.2 Å². The van der Waals surface area contributed by atoms with E-state index in [1.54, 1.807) is 0 Å². The van der Waals surface area contributed by atoms with E-state index in [1.165, 1.54) is 11.1 Å². The Labute approximate surface area is 170 Å². The van der Waals surface area contributed by atoms with Crippen molar-refractivity contribution in [1.29, 1.82) is 0 Å². The number of hydrogen-bond acceptors (Lipinski definition) is 6. The van der Waals surface area contributed by atoms with Gasteiger partial charge in [0.25, 0.3) is 5.91 Å². The Morgan fingerprint density at radius 1 is 1.03 bits per heavy atom. The van der Waals surface area contributed by atoms with Crippen molar-refractivity contribution in [2.24, 2.45) is 0 Å². The molecule has 0 saturated carbocycles. The highest BCUT2D eigenvalue weighted by Gasteiger charge is 2.41. The third kappa shape index (κ3) is 3.60. The highest BCUT2D eigenvalue weighted by molar-refractivity contribution is 5.93. The summed E-state index contributed by atoms with van der Waals surface area (Å²) in [6, 6.07) is 10.4. The summed E-state index contributed by atoms with van der Waals surface area (Å²) >= 11 is 0. The molecule has 1 amide bonds. The van der Waals surface area contributed by atoms with E-state index in [9.17, 15) is 4.79 Å². The number of rotatable bonds is 2. The van der Waals surface area contributed by atoms with Crippen molar-refractivity contribution in [2.45, 2.75) is 38.5 Å². The molecule has 2 saturated heterocycles. The van der Waals surface area contributed by atoms with Crippen LogP contribution < -0.4 is 4.90 Å². The zero-order chi connectivity index (χ0) is 19.8. The molecule has 1 aromatic carbocycles. The summed E-state index contributed by atoms with van der Waals surface area (Å²) in [5.41, 5.74) is 3.18. The molecule has 3 aliphatic heterocycles. The minimum Gasteiger partial charge on any atom is -0.352 e. The highest BCUT2D eigenvalue weighted by Crippen LogP contribution is 2.32. The average molecular weight is 394 g/mol. The smallest absolute Gasteiger partial charge is 0.272 e. The maximum absolute atomic E-state index is 13.1. The first kappa shape index (κ1) is 18.5. The molecular weight excluding hydrogens is 368 g/mol. The molecule has 0 aliphatic carbocycles. The normalized spacial score (nSPS) is 20.7. The molecule has 0 N–H and O–H groups in total. The van der Waals surface area contributed by atoms with Crippen molar-refractivity contribution in [3.63, 3.8) is 0 Å². The molecule has 0 bridgehead atoms. The molecule has 152 valence electrons. The Bertz CT molecular complexity index is 916. The second kappa shape index (κ2) is 7.39. The molecule has 3 aliphatic rings.